The van der Waals surface area contributed by atoms with Crippen LogP contribution in [0, 0.1) is 13.8 Å². The van der Waals surface area contributed by atoms with Gasteiger partial charge < -0.3 is 5.32 Å². The smallest absolute Gasteiger partial charge is 0.291 e. The van der Waals surface area contributed by atoms with Gasteiger partial charge in [-0.2, -0.15) is 16.3 Å². The summed E-state index contributed by atoms with van der Waals surface area (Å²) in [6, 6.07) is 7.76. The second-order valence-corrected chi connectivity index (χ2v) is 6.71. The van der Waals surface area contributed by atoms with E-state index in [9.17, 15) is 4.79 Å². The molecule has 4 rings (SSSR count). The molecule has 0 aliphatic rings. The number of hydrogen-bond acceptors (Lipinski definition) is 6. The average molecular weight is 364 g/mol. The molecular formula is C18H16N6OS. The minimum atomic E-state index is -0.332. The molecule has 0 spiro atoms. The molecule has 1 N–H and O–H groups in total. The van der Waals surface area contributed by atoms with Crippen molar-refractivity contribution in [1.82, 2.24) is 29.9 Å². The van der Waals surface area contributed by atoms with Crippen LogP contribution in [-0.4, -0.2) is 30.5 Å². The SMILES string of the molecule is Cc1cc(C)n2nc(C(=O)NCc3ccnc(-c4ccsc4)c3)nc2n1. The van der Waals surface area contributed by atoms with E-state index in [0.717, 1.165) is 28.2 Å². The van der Waals surface area contributed by atoms with E-state index < -0.39 is 0 Å². The van der Waals surface area contributed by atoms with Crippen LogP contribution in [0.4, 0.5) is 0 Å². The molecule has 0 saturated carbocycles. The standard InChI is InChI=1S/C18H16N6OS/c1-11-7-12(2)24-18(21-11)22-16(23-24)17(25)20-9-13-3-5-19-15(8-13)14-4-6-26-10-14/h3-8,10H,9H2,1-2H3,(H,20,25). The molecule has 0 radical (unpaired) electrons. The largest absolute Gasteiger partial charge is 0.345 e. The van der Waals surface area contributed by atoms with Crippen LogP contribution in [0.5, 0.6) is 0 Å². The zero-order valence-corrected chi connectivity index (χ0v) is 15.1. The Bertz CT molecular complexity index is 1090. The number of hydrogen-bond donors (Lipinski definition) is 1. The van der Waals surface area contributed by atoms with Crippen molar-refractivity contribution >= 4 is 23.0 Å². The van der Waals surface area contributed by atoms with Crippen molar-refractivity contribution in [1.29, 1.82) is 0 Å². The van der Waals surface area contributed by atoms with Gasteiger partial charge in [0.25, 0.3) is 11.7 Å². The van der Waals surface area contributed by atoms with E-state index in [2.05, 4.69) is 25.4 Å². The number of nitrogens with zero attached hydrogens (tertiary/aromatic N) is 5. The fourth-order valence-corrected chi connectivity index (χ4v) is 3.33. The number of nitrogens with one attached hydrogen (secondary N) is 1. The summed E-state index contributed by atoms with van der Waals surface area (Å²) in [4.78, 5) is 25.3. The molecule has 4 aromatic heterocycles. The van der Waals surface area contributed by atoms with Gasteiger partial charge >= 0.3 is 0 Å². The van der Waals surface area contributed by atoms with Gasteiger partial charge in [-0.3, -0.25) is 9.78 Å². The molecule has 1 amide bonds. The lowest BCUT2D eigenvalue weighted by Gasteiger charge is -2.04. The molecule has 0 aliphatic heterocycles. The highest BCUT2D eigenvalue weighted by molar-refractivity contribution is 7.08. The molecule has 130 valence electrons. The molecule has 8 heteroatoms. The fraction of sp³-hybridized carbons (Fsp3) is 0.167. The fourth-order valence-electron chi connectivity index (χ4n) is 2.68. The van der Waals surface area contributed by atoms with Gasteiger partial charge in [0.05, 0.1) is 5.69 Å². The number of amides is 1. The molecule has 4 aromatic rings. The van der Waals surface area contributed by atoms with E-state index in [1.807, 2.05) is 48.9 Å². The Balaban J connectivity index is 1.51. The van der Waals surface area contributed by atoms with Crippen LogP contribution in [0.3, 0.4) is 0 Å². The summed E-state index contributed by atoms with van der Waals surface area (Å²) in [5.41, 5.74) is 4.64. The quantitative estimate of drug-likeness (QED) is 0.602. The van der Waals surface area contributed by atoms with Gasteiger partial charge in [0.2, 0.25) is 5.82 Å². The monoisotopic (exact) mass is 364 g/mol. The molecule has 0 atom stereocenters. The summed E-state index contributed by atoms with van der Waals surface area (Å²) >= 11 is 1.63. The number of carbonyl (C=O) groups is 1. The predicted octanol–water partition coefficient (Wildman–Crippen LogP) is 2.79. The molecule has 0 aliphatic carbocycles. The van der Waals surface area contributed by atoms with Gasteiger partial charge in [-0.25, -0.2) is 9.50 Å². The molecule has 0 saturated heterocycles. The third kappa shape index (κ3) is 3.18. The van der Waals surface area contributed by atoms with E-state index in [1.54, 1.807) is 22.0 Å². The number of aryl methyl sites for hydroxylation is 2. The van der Waals surface area contributed by atoms with Crippen LogP contribution >= 0.6 is 11.3 Å². The van der Waals surface area contributed by atoms with Crippen molar-refractivity contribution in [2.45, 2.75) is 20.4 Å². The summed E-state index contributed by atoms with van der Waals surface area (Å²) in [5, 5.41) is 11.2. The zero-order chi connectivity index (χ0) is 18.1. The van der Waals surface area contributed by atoms with E-state index in [-0.39, 0.29) is 11.7 Å². The predicted molar refractivity (Wildman–Crippen MR) is 99.0 cm³/mol. The maximum absolute atomic E-state index is 12.4. The summed E-state index contributed by atoms with van der Waals surface area (Å²) in [7, 11) is 0. The van der Waals surface area contributed by atoms with Crippen LogP contribution < -0.4 is 5.32 Å². The first-order valence-corrected chi connectivity index (χ1v) is 9.01. The van der Waals surface area contributed by atoms with Crippen LogP contribution in [0.1, 0.15) is 27.6 Å². The van der Waals surface area contributed by atoms with Crippen molar-refractivity contribution < 1.29 is 4.79 Å². The van der Waals surface area contributed by atoms with Gasteiger partial charge in [0.1, 0.15) is 0 Å². The highest BCUT2D eigenvalue weighted by Gasteiger charge is 2.15. The third-order valence-corrected chi connectivity index (χ3v) is 4.60. The summed E-state index contributed by atoms with van der Waals surface area (Å²) in [5.74, 6) is 0.205. The van der Waals surface area contributed by atoms with Crippen molar-refractivity contribution in [3.63, 3.8) is 0 Å². The number of rotatable bonds is 4. The van der Waals surface area contributed by atoms with E-state index in [0.29, 0.717) is 12.3 Å². The summed E-state index contributed by atoms with van der Waals surface area (Å²) in [6.07, 6.45) is 1.74. The number of pyridine rings is 1. The lowest BCUT2D eigenvalue weighted by atomic mass is 10.1. The van der Waals surface area contributed by atoms with E-state index in [1.165, 1.54) is 0 Å². The van der Waals surface area contributed by atoms with Crippen LogP contribution in [0.15, 0.2) is 41.2 Å². The summed E-state index contributed by atoms with van der Waals surface area (Å²) in [6.45, 7) is 4.16. The highest BCUT2D eigenvalue weighted by atomic mass is 32.1. The van der Waals surface area contributed by atoms with Gasteiger partial charge in [-0.05, 0) is 49.1 Å². The summed E-state index contributed by atoms with van der Waals surface area (Å²) < 4.78 is 1.57. The third-order valence-electron chi connectivity index (χ3n) is 3.92. The lowest BCUT2D eigenvalue weighted by Crippen LogP contribution is -2.24. The molecule has 0 aromatic carbocycles. The van der Waals surface area contributed by atoms with Crippen LogP contribution in [0.25, 0.3) is 17.0 Å². The van der Waals surface area contributed by atoms with E-state index in [4.69, 9.17) is 0 Å². The minimum absolute atomic E-state index is 0.110. The first-order chi connectivity index (χ1) is 12.6. The molecule has 0 unspecified atom stereocenters. The van der Waals surface area contributed by atoms with E-state index >= 15 is 0 Å². The molecule has 26 heavy (non-hydrogen) atoms. The topological polar surface area (TPSA) is 85.1 Å². The maximum Gasteiger partial charge on any atom is 0.291 e. The number of carbonyl (C=O) groups excluding carboxylic acids is 1. The van der Waals surface area contributed by atoms with Crippen molar-refractivity contribution in [3.8, 4) is 11.3 Å². The number of thiophene rings is 1. The Kier molecular flexibility index (Phi) is 4.18. The maximum atomic E-state index is 12.4. The van der Waals surface area contributed by atoms with Gasteiger partial charge in [0.15, 0.2) is 0 Å². The Labute approximate surface area is 153 Å². The normalized spacial score (nSPS) is 11.0. The Morgan fingerprint density at radius 2 is 2.12 bits per heavy atom. The molecular weight excluding hydrogens is 348 g/mol. The Hall–Kier alpha value is -3.13. The van der Waals surface area contributed by atoms with Crippen LogP contribution in [-0.2, 0) is 6.54 Å². The molecule has 0 bridgehead atoms. The number of fused-ring (bicyclic) bond motifs is 1. The van der Waals surface area contributed by atoms with Gasteiger partial charge in [-0.15, -0.1) is 5.10 Å². The Morgan fingerprint density at radius 3 is 2.92 bits per heavy atom. The Morgan fingerprint density at radius 1 is 1.23 bits per heavy atom. The minimum Gasteiger partial charge on any atom is -0.345 e. The molecule has 4 heterocycles. The van der Waals surface area contributed by atoms with Crippen molar-refractivity contribution in [2.24, 2.45) is 0 Å². The second kappa shape index (κ2) is 6.64. The molecule has 7 nitrogen and oxygen atoms in total. The van der Waals surface area contributed by atoms with Crippen molar-refractivity contribution in [2.75, 3.05) is 0 Å². The van der Waals surface area contributed by atoms with Crippen molar-refractivity contribution in [3.05, 3.63) is 64.0 Å². The first-order valence-electron chi connectivity index (χ1n) is 8.07. The molecule has 0 fully saturated rings. The number of aromatic nitrogens is 5. The van der Waals surface area contributed by atoms with Gasteiger partial charge in [-0.1, -0.05) is 0 Å². The van der Waals surface area contributed by atoms with Gasteiger partial charge in [0, 0.05) is 35.1 Å². The first kappa shape index (κ1) is 16.3. The average Bonchev–Trinajstić information content (AvgIpc) is 3.29. The van der Waals surface area contributed by atoms with Crippen LogP contribution in [0.2, 0.25) is 0 Å². The lowest BCUT2D eigenvalue weighted by molar-refractivity contribution is 0.0940. The zero-order valence-electron chi connectivity index (χ0n) is 14.3. The highest BCUT2D eigenvalue weighted by Crippen LogP contribution is 2.20. The second-order valence-electron chi connectivity index (χ2n) is 5.93.